The molecule has 1 atom stereocenters. The van der Waals surface area contributed by atoms with Crippen LogP contribution in [0.4, 0.5) is 5.69 Å². The fraction of sp³-hybridized carbons (Fsp3) is 0.269. The van der Waals surface area contributed by atoms with Crippen LogP contribution >= 0.6 is 11.6 Å². The second kappa shape index (κ2) is 11.1. The molecular weight excluding hydrogens is 472 g/mol. The number of esters is 1. The molecule has 2 heterocycles. The van der Waals surface area contributed by atoms with Crippen LogP contribution in [-0.2, 0) is 14.3 Å². The second-order valence-corrected chi connectivity index (χ2v) is 8.75. The van der Waals surface area contributed by atoms with Crippen molar-refractivity contribution in [3.63, 3.8) is 0 Å². The van der Waals surface area contributed by atoms with E-state index in [9.17, 15) is 14.4 Å². The Morgan fingerprint density at radius 2 is 1.94 bits per heavy atom. The highest BCUT2D eigenvalue weighted by Crippen LogP contribution is 2.32. The highest BCUT2D eigenvalue weighted by Gasteiger charge is 2.30. The summed E-state index contributed by atoms with van der Waals surface area (Å²) in [6.45, 7) is 2.28. The molecule has 0 radical (unpaired) electrons. The summed E-state index contributed by atoms with van der Waals surface area (Å²) in [6, 6.07) is 13.9. The molecule has 35 heavy (non-hydrogen) atoms. The summed E-state index contributed by atoms with van der Waals surface area (Å²) >= 11 is 6.10. The molecule has 4 rings (SSSR count). The zero-order chi connectivity index (χ0) is 24.8. The van der Waals surface area contributed by atoms with Crippen molar-refractivity contribution in [3.05, 3.63) is 77.2 Å². The van der Waals surface area contributed by atoms with Crippen molar-refractivity contribution < 1.29 is 28.3 Å². The maximum absolute atomic E-state index is 12.6. The van der Waals surface area contributed by atoms with Crippen LogP contribution in [0.5, 0.6) is 11.5 Å². The summed E-state index contributed by atoms with van der Waals surface area (Å²) < 4.78 is 16.1. The van der Waals surface area contributed by atoms with Crippen LogP contribution in [0.25, 0.3) is 0 Å². The molecule has 0 spiro atoms. The van der Waals surface area contributed by atoms with E-state index < -0.39 is 24.4 Å². The van der Waals surface area contributed by atoms with Crippen LogP contribution in [0.3, 0.4) is 0 Å². The maximum atomic E-state index is 12.6. The van der Waals surface area contributed by atoms with Crippen molar-refractivity contribution in [1.29, 1.82) is 0 Å². The summed E-state index contributed by atoms with van der Waals surface area (Å²) in [5.74, 6) is -0.746. The van der Waals surface area contributed by atoms with E-state index in [1.54, 1.807) is 29.2 Å². The monoisotopic (exact) mass is 496 g/mol. The fourth-order valence-corrected chi connectivity index (χ4v) is 3.96. The normalized spacial score (nSPS) is 15.4. The quantitative estimate of drug-likeness (QED) is 0.459. The van der Waals surface area contributed by atoms with Gasteiger partial charge in [0.25, 0.3) is 11.8 Å². The zero-order valence-electron chi connectivity index (χ0n) is 19.2. The van der Waals surface area contributed by atoms with Gasteiger partial charge in [-0.2, -0.15) is 0 Å². The molecular formula is C26H25ClN2O6. The van der Waals surface area contributed by atoms with E-state index in [-0.39, 0.29) is 12.5 Å². The number of carbonyl (C=O) groups excluding carboxylic acids is 3. The number of hydrogen-bond acceptors (Lipinski definition) is 6. The average molecular weight is 497 g/mol. The van der Waals surface area contributed by atoms with Crippen molar-refractivity contribution in [2.75, 3.05) is 25.0 Å². The molecule has 0 saturated carbocycles. The van der Waals surface area contributed by atoms with Gasteiger partial charge in [-0.05, 0) is 56.2 Å². The lowest BCUT2D eigenvalue weighted by atomic mass is 9.98. The van der Waals surface area contributed by atoms with Crippen molar-refractivity contribution >= 4 is 35.1 Å². The van der Waals surface area contributed by atoms with Crippen molar-refractivity contribution in [2.45, 2.75) is 19.8 Å². The average Bonchev–Trinajstić information content (AvgIpc) is 3.40. The van der Waals surface area contributed by atoms with Gasteiger partial charge in [-0.15, -0.1) is 0 Å². The lowest BCUT2D eigenvalue weighted by Gasteiger charge is -2.31. The number of nitrogens with one attached hydrogen (secondary N) is 1. The number of nitrogens with zero attached hydrogens (tertiary/aromatic N) is 1. The highest BCUT2D eigenvalue weighted by atomic mass is 35.5. The zero-order valence-corrected chi connectivity index (χ0v) is 19.9. The fourth-order valence-electron chi connectivity index (χ4n) is 3.79. The van der Waals surface area contributed by atoms with Crippen molar-refractivity contribution in [1.82, 2.24) is 4.90 Å². The molecule has 1 N–H and O–H groups in total. The number of piperidine rings is 1. The highest BCUT2D eigenvalue weighted by molar-refractivity contribution is 6.31. The molecule has 182 valence electrons. The van der Waals surface area contributed by atoms with Crippen LogP contribution in [0, 0.1) is 12.8 Å². The first-order chi connectivity index (χ1) is 16.9. The number of benzene rings is 2. The van der Waals surface area contributed by atoms with Gasteiger partial charge in [0.1, 0.15) is 12.0 Å². The van der Waals surface area contributed by atoms with E-state index in [0.29, 0.717) is 47.2 Å². The predicted octanol–water partition coefficient (Wildman–Crippen LogP) is 5.07. The van der Waals surface area contributed by atoms with Gasteiger partial charge in [0.05, 0.1) is 23.4 Å². The number of ether oxygens (including phenoxy) is 2. The van der Waals surface area contributed by atoms with E-state index in [1.165, 1.54) is 12.5 Å². The first-order valence-corrected chi connectivity index (χ1v) is 11.6. The van der Waals surface area contributed by atoms with Crippen molar-refractivity contribution in [3.8, 4) is 11.5 Å². The van der Waals surface area contributed by atoms with Crippen LogP contribution in [0.2, 0.25) is 5.02 Å². The number of amides is 2. The molecule has 3 aromatic rings. The van der Waals surface area contributed by atoms with Gasteiger partial charge < -0.3 is 24.1 Å². The topological polar surface area (TPSA) is 98.1 Å². The molecule has 1 unspecified atom stereocenters. The Kier molecular flexibility index (Phi) is 7.72. The molecule has 1 saturated heterocycles. The summed E-state index contributed by atoms with van der Waals surface area (Å²) in [5, 5.41) is 3.10. The van der Waals surface area contributed by atoms with Gasteiger partial charge in [-0.25, -0.2) is 0 Å². The second-order valence-electron chi connectivity index (χ2n) is 8.31. The Morgan fingerprint density at radius 1 is 1.14 bits per heavy atom. The third-order valence-corrected chi connectivity index (χ3v) is 5.86. The summed E-state index contributed by atoms with van der Waals surface area (Å²) in [6.07, 6.45) is 4.05. The van der Waals surface area contributed by atoms with Gasteiger partial charge in [-0.3, -0.25) is 14.4 Å². The molecule has 1 aliphatic rings. The Labute approximate surface area is 207 Å². The number of rotatable bonds is 7. The number of halogens is 1. The van der Waals surface area contributed by atoms with Gasteiger partial charge >= 0.3 is 5.97 Å². The van der Waals surface area contributed by atoms with Crippen molar-refractivity contribution in [2.24, 2.45) is 5.92 Å². The third kappa shape index (κ3) is 6.42. The minimum atomic E-state index is -0.531. The van der Waals surface area contributed by atoms with Gasteiger partial charge in [0.2, 0.25) is 0 Å². The van der Waals surface area contributed by atoms with Gasteiger partial charge in [-0.1, -0.05) is 29.3 Å². The Balaban J connectivity index is 1.32. The minimum absolute atomic E-state index is 0.198. The van der Waals surface area contributed by atoms with E-state index in [2.05, 4.69) is 5.32 Å². The summed E-state index contributed by atoms with van der Waals surface area (Å²) in [5.41, 5.74) is 1.88. The SMILES string of the molecule is Cc1ccc(Oc2ccc(Cl)cc2NC(=O)COC(=O)C2CCCN(C(=O)c3ccoc3)C2)cc1. The van der Waals surface area contributed by atoms with E-state index in [1.807, 2.05) is 31.2 Å². The number of furan rings is 1. The standard InChI is InChI=1S/C26H25ClN2O6/c1-17-4-7-21(8-5-17)35-23-9-6-20(27)13-22(23)28-24(30)16-34-26(32)18-3-2-11-29(14-18)25(31)19-10-12-33-15-19/h4-10,12-13,15,18H,2-3,11,14,16H2,1H3,(H,28,30). The smallest absolute Gasteiger partial charge is 0.311 e. The molecule has 1 aromatic heterocycles. The lowest BCUT2D eigenvalue weighted by Crippen LogP contribution is -2.43. The Bertz CT molecular complexity index is 1190. The molecule has 9 heteroatoms. The van der Waals surface area contributed by atoms with E-state index in [4.69, 9.17) is 25.5 Å². The number of aryl methyl sites for hydroxylation is 1. The van der Waals surface area contributed by atoms with Gasteiger partial charge in [0.15, 0.2) is 12.4 Å². The van der Waals surface area contributed by atoms with Crippen LogP contribution in [0.1, 0.15) is 28.8 Å². The third-order valence-electron chi connectivity index (χ3n) is 5.62. The molecule has 0 bridgehead atoms. The lowest BCUT2D eigenvalue weighted by molar-refractivity contribution is -0.152. The maximum Gasteiger partial charge on any atom is 0.311 e. The molecule has 0 aliphatic carbocycles. The first kappa shape index (κ1) is 24.3. The molecule has 2 aromatic carbocycles. The van der Waals surface area contributed by atoms with Crippen LogP contribution in [-0.4, -0.2) is 42.4 Å². The molecule has 8 nitrogen and oxygen atoms in total. The van der Waals surface area contributed by atoms with Crippen LogP contribution < -0.4 is 10.1 Å². The predicted molar refractivity (Wildman–Crippen MR) is 130 cm³/mol. The molecule has 1 fully saturated rings. The number of likely N-dealkylation sites (tertiary alicyclic amines) is 1. The number of hydrogen-bond donors (Lipinski definition) is 1. The minimum Gasteiger partial charge on any atom is -0.472 e. The Morgan fingerprint density at radius 3 is 2.69 bits per heavy atom. The number of carbonyl (C=O) groups is 3. The van der Waals surface area contributed by atoms with E-state index >= 15 is 0 Å². The Hall–Kier alpha value is -3.78. The molecule has 2 amide bonds. The summed E-state index contributed by atoms with van der Waals surface area (Å²) in [4.78, 5) is 39.3. The molecule has 1 aliphatic heterocycles. The van der Waals surface area contributed by atoms with E-state index in [0.717, 1.165) is 5.56 Å². The number of anilines is 1. The first-order valence-electron chi connectivity index (χ1n) is 11.2. The summed E-state index contributed by atoms with van der Waals surface area (Å²) in [7, 11) is 0. The largest absolute Gasteiger partial charge is 0.472 e. The van der Waals surface area contributed by atoms with Gasteiger partial charge in [0, 0.05) is 18.1 Å². The van der Waals surface area contributed by atoms with Crippen LogP contribution in [0.15, 0.2) is 65.5 Å².